The molecule has 1 unspecified atom stereocenters. The summed E-state index contributed by atoms with van der Waals surface area (Å²) < 4.78 is 22.7. The lowest BCUT2D eigenvalue weighted by Gasteiger charge is -2.22. The lowest BCUT2D eigenvalue weighted by molar-refractivity contribution is 0.469. The van der Waals surface area contributed by atoms with Gasteiger partial charge in [0.1, 0.15) is 0 Å². The van der Waals surface area contributed by atoms with Crippen LogP contribution in [0.1, 0.15) is 32.1 Å². The molecule has 0 bridgehead atoms. The Hall–Kier alpha value is -0.0900. The molecule has 0 aromatic heterocycles. The lowest BCUT2D eigenvalue weighted by Crippen LogP contribution is -2.40. The maximum Gasteiger partial charge on any atom is 0.151 e. The van der Waals surface area contributed by atoms with Crippen LogP contribution in [0.2, 0.25) is 0 Å². The van der Waals surface area contributed by atoms with Crippen molar-refractivity contribution in [2.45, 2.75) is 38.1 Å². The topological polar surface area (TPSA) is 46.2 Å². The van der Waals surface area contributed by atoms with Crippen molar-refractivity contribution in [2.24, 2.45) is 5.92 Å². The average molecular weight is 217 g/mol. The molecule has 1 aliphatic heterocycles. The van der Waals surface area contributed by atoms with E-state index in [0.717, 1.165) is 25.3 Å². The SMILES string of the molecule is O=S1(=O)CCCC(NCCC2CC2)C1. The van der Waals surface area contributed by atoms with Crippen molar-refractivity contribution >= 4 is 9.84 Å². The van der Waals surface area contributed by atoms with Crippen LogP contribution in [0.15, 0.2) is 0 Å². The van der Waals surface area contributed by atoms with Crippen molar-refractivity contribution in [3.8, 4) is 0 Å². The Morgan fingerprint density at radius 3 is 2.64 bits per heavy atom. The fourth-order valence-corrected chi connectivity index (χ4v) is 3.75. The number of rotatable bonds is 4. The van der Waals surface area contributed by atoms with E-state index in [1.807, 2.05) is 0 Å². The van der Waals surface area contributed by atoms with Crippen molar-refractivity contribution < 1.29 is 8.42 Å². The molecule has 1 heterocycles. The Morgan fingerprint density at radius 2 is 2.00 bits per heavy atom. The molecule has 1 saturated carbocycles. The normalized spacial score (nSPS) is 31.6. The van der Waals surface area contributed by atoms with Gasteiger partial charge in [-0.15, -0.1) is 0 Å². The van der Waals surface area contributed by atoms with E-state index >= 15 is 0 Å². The molecule has 1 aliphatic carbocycles. The minimum absolute atomic E-state index is 0.229. The Kier molecular flexibility index (Phi) is 3.12. The minimum Gasteiger partial charge on any atom is -0.313 e. The molecule has 82 valence electrons. The van der Waals surface area contributed by atoms with Gasteiger partial charge in [0.2, 0.25) is 0 Å². The van der Waals surface area contributed by atoms with Gasteiger partial charge >= 0.3 is 0 Å². The second kappa shape index (κ2) is 4.19. The number of hydrogen-bond acceptors (Lipinski definition) is 3. The van der Waals surface area contributed by atoms with E-state index in [9.17, 15) is 8.42 Å². The maximum atomic E-state index is 11.3. The van der Waals surface area contributed by atoms with Gasteiger partial charge in [-0.25, -0.2) is 8.42 Å². The molecule has 1 N–H and O–H groups in total. The van der Waals surface area contributed by atoms with Crippen LogP contribution in [-0.2, 0) is 9.84 Å². The van der Waals surface area contributed by atoms with Crippen LogP contribution in [0.25, 0.3) is 0 Å². The third-order valence-electron chi connectivity index (χ3n) is 3.15. The van der Waals surface area contributed by atoms with Crippen molar-refractivity contribution in [2.75, 3.05) is 18.1 Å². The Morgan fingerprint density at radius 1 is 1.21 bits per heavy atom. The van der Waals surface area contributed by atoms with Gasteiger partial charge in [0.25, 0.3) is 0 Å². The van der Waals surface area contributed by atoms with Gasteiger partial charge in [-0.1, -0.05) is 12.8 Å². The van der Waals surface area contributed by atoms with E-state index in [-0.39, 0.29) is 6.04 Å². The second-order valence-electron chi connectivity index (χ2n) is 4.64. The number of sulfone groups is 1. The predicted molar refractivity (Wildman–Crippen MR) is 57.0 cm³/mol. The van der Waals surface area contributed by atoms with Gasteiger partial charge in [0, 0.05) is 6.04 Å². The monoisotopic (exact) mass is 217 g/mol. The Bertz CT molecular complexity index is 282. The standard InChI is InChI=1S/C10H19NO2S/c12-14(13)7-1-2-10(8-14)11-6-5-9-3-4-9/h9-11H,1-8H2. The first-order valence-corrected chi connectivity index (χ1v) is 7.42. The predicted octanol–water partition coefficient (Wildman–Crippen LogP) is 0.953. The van der Waals surface area contributed by atoms with Gasteiger partial charge in [-0.05, 0) is 31.7 Å². The van der Waals surface area contributed by atoms with Crippen LogP contribution in [0.5, 0.6) is 0 Å². The summed E-state index contributed by atoms with van der Waals surface area (Å²) >= 11 is 0. The molecule has 2 fully saturated rings. The van der Waals surface area contributed by atoms with Gasteiger partial charge in [-0.2, -0.15) is 0 Å². The molecule has 2 rings (SSSR count). The first-order valence-electron chi connectivity index (χ1n) is 5.59. The maximum absolute atomic E-state index is 11.3. The van der Waals surface area contributed by atoms with Crippen molar-refractivity contribution in [1.82, 2.24) is 5.32 Å². The first kappa shape index (κ1) is 10.4. The summed E-state index contributed by atoms with van der Waals surface area (Å²) in [7, 11) is -2.73. The summed E-state index contributed by atoms with van der Waals surface area (Å²) in [6, 6.07) is 0.229. The summed E-state index contributed by atoms with van der Waals surface area (Å²) in [5, 5.41) is 3.37. The van der Waals surface area contributed by atoms with Gasteiger partial charge in [0.05, 0.1) is 11.5 Å². The highest BCUT2D eigenvalue weighted by Gasteiger charge is 2.25. The summed E-state index contributed by atoms with van der Waals surface area (Å²) in [5.74, 6) is 1.69. The molecule has 0 aromatic rings. The highest BCUT2D eigenvalue weighted by molar-refractivity contribution is 7.91. The van der Waals surface area contributed by atoms with Crippen LogP contribution < -0.4 is 5.32 Å². The molecular weight excluding hydrogens is 198 g/mol. The first-order chi connectivity index (χ1) is 6.66. The van der Waals surface area contributed by atoms with Crippen LogP contribution in [0, 0.1) is 5.92 Å². The summed E-state index contributed by atoms with van der Waals surface area (Å²) in [6.45, 7) is 1.00. The van der Waals surface area contributed by atoms with E-state index in [4.69, 9.17) is 0 Å². The molecule has 0 amide bonds. The summed E-state index contributed by atoms with van der Waals surface area (Å²) in [5.41, 5.74) is 0. The summed E-state index contributed by atoms with van der Waals surface area (Å²) in [4.78, 5) is 0. The molecule has 0 radical (unpaired) electrons. The quantitative estimate of drug-likeness (QED) is 0.762. The highest BCUT2D eigenvalue weighted by atomic mass is 32.2. The number of nitrogens with one attached hydrogen (secondary N) is 1. The molecule has 2 aliphatic rings. The van der Waals surface area contributed by atoms with Gasteiger partial charge in [0.15, 0.2) is 9.84 Å². The number of hydrogen-bond donors (Lipinski definition) is 1. The molecule has 3 nitrogen and oxygen atoms in total. The largest absolute Gasteiger partial charge is 0.313 e. The highest BCUT2D eigenvalue weighted by Crippen LogP contribution is 2.31. The third kappa shape index (κ3) is 3.24. The van der Waals surface area contributed by atoms with Crippen molar-refractivity contribution in [3.63, 3.8) is 0 Å². The minimum atomic E-state index is -2.73. The molecule has 1 atom stereocenters. The fraction of sp³-hybridized carbons (Fsp3) is 1.00. The molecule has 4 heteroatoms. The van der Waals surface area contributed by atoms with E-state index in [1.165, 1.54) is 19.3 Å². The van der Waals surface area contributed by atoms with E-state index < -0.39 is 9.84 Å². The lowest BCUT2D eigenvalue weighted by atomic mass is 10.2. The average Bonchev–Trinajstić information content (AvgIpc) is 2.86. The summed E-state index contributed by atoms with van der Waals surface area (Å²) in [6.07, 6.45) is 5.86. The molecular formula is C10H19NO2S. The van der Waals surface area contributed by atoms with E-state index in [1.54, 1.807) is 0 Å². The molecule has 0 aromatic carbocycles. The van der Waals surface area contributed by atoms with Crippen LogP contribution in [0.3, 0.4) is 0 Å². The molecule has 14 heavy (non-hydrogen) atoms. The smallest absolute Gasteiger partial charge is 0.151 e. The van der Waals surface area contributed by atoms with Crippen molar-refractivity contribution in [1.29, 1.82) is 0 Å². The van der Waals surface area contributed by atoms with E-state index in [2.05, 4.69) is 5.32 Å². The Balaban J connectivity index is 1.68. The zero-order valence-corrected chi connectivity index (χ0v) is 9.35. The second-order valence-corrected chi connectivity index (χ2v) is 6.87. The van der Waals surface area contributed by atoms with Crippen LogP contribution >= 0.6 is 0 Å². The van der Waals surface area contributed by atoms with E-state index in [0.29, 0.717) is 11.5 Å². The van der Waals surface area contributed by atoms with Gasteiger partial charge < -0.3 is 5.32 Å². The van der Waals surface area contributed by atoms with Crippen molar-refractivity contribution in [3.05, 3.63) is 0 Å². The van der Waals surface area contributed by atoms with Crippen LogP contribution in [-0.4, -0.2) is 32.5 Å². The fourth-order valence-electron chi connectivity index (χ4n) is 2.08. The third-order valence-corrected chi connectivity index (χ3v) is 4.97. The molecule has 0 spiro atoms. The zero-order chi connectivity index (χ0) is 10.0. The van der Waals surface area contributed by atoms with Gasteiger partial charge in [-0.3, -0.25) is 0 Å². The zero-order valence-electron chi connectivity index (χ0n) is 8.54. The Labute approximate surface area is 86.2 Å². The molecule has 1 saturated heterocycles. The van der Waals surface area contributed by atoms with Crippen LogP contribution in [0.4, 0.5) is 0 Å².